The van der Waals surface area contributed by atoms with Crippen molar-refractivity contribution in [3.63, 3.8) is 0 Å². The molecule has 0 aliphatic heterocycles. The second-order valence-corrected chi connectivity index (χ2v) is 5.90. The fourth-order valence-electron chi connectivity index (χ4n) is 2.49. The van der Waals surface area contributed by atoms with Crippen molar-refractivity contribution in [2.45, 2.75) is 41.9 Å². The number of rotatable bonds is 4. The molecule has 1 saturated carbocycles. The molecule has 1 fully saturated rings. The lowest BCUT2D eigenvalue weighted by molar-refractivity contribution is 0.0740. The first-order chi connectivity index (χ1) is 8.31. The van der Waals surface area contributed by atoms with Crippen LogP contribution in [0.5, 0.6) is 0 Å². The SMILES string of the molecule is C=CC(Sc1ccccc1)[C@@H]1CCCC[C@H]1O. The van der Waals surface area contributed by atoms with Gasteiger partial charge in [0.1, 0.15) is 0 Å². The minimum absolute atomic E-state index is 0.150. The molecule has 1 nitrogen and oxygen atoms in total. The third-order valence-electron chi connectivity index (χ3n) is 3.45. The minimum atomic E-state index is -0.150. The third kappa shape index (κ3) is 3.36. The average Bonchev–Trinajstić information content (AvgIpc) is 2.38. The molecule has 0 spiro atoms. The Bertz CT molecular complexity index is 349. The van der Waals surface area contributed by atoms with Gasteiger partial charge in [-0.25, -0.2) is 0 Å². The van der Waals surface area contributed by atoms with Crippen LogP contribution in [0.2, 0.25) is 0 Å². The molecule has 17 heavy (non-hydrogen) atoms. The van der Waals surface area contributed by atoms with E-state index in [9.17, 15) is 5.11 Å². The van der Waals surface area contributed by atoms with Gasteiger partial charge in [0.25, 0.3) is 0 Å². The molecular weight excluding hydrogens is 228 g/mol. The van der Waals surface area contributed by atoms with Crippen LogP contribution in [0.1, 0.15) is 25.7 Å². The summed E-state index contributed by atoms with van der Waals surface area (Å²) >= 11 is 1.82. The van der Waals surface area contributed by atoms with E-state index >= 15 is 0 Å². The molecular formula is C15H20OS. The van der Waals surface area contributed by atoms with Crippen LogP contribution in [0.15, 0.2) is 47.9 Å². The Morgan fingerprint density at radius 2 is 1.94 bits per heavy atom. The summed E-state index contributed by atoms with van der Waals surface area (Å²) < 4.78 is 0. The summed E-state index contributed by atoms with van der Waals surface area (Å²) in [5.74, 6) is 0.367. The highest BCUT2D eigenvalue weighted by atomic mass is 32.2. The smallest absolute Gasteiger partial charge is 0.0582 e. The van der Waals surface area contributed by atoms with E-state index in [1.54, 1.807) is 0 Å². The van der Waals surface area contributed by atoms with Crippen LogP contribution in [0.3, 0.4) is 0 Å². The monoisotopic (exact) mass is 248 g/mol. The number of aliphatic hydroxyl groups excluding tert-OH is 1. The van der Waals surface area contributed by atoms with Gasteiger partial charge in [-0.05, 0) is 25.0 Å². The predicted molar refractivity (Wildman–Crippen MR) is 74.2 cm³/mol. The Hall–Kier alpha value is -0.730. The molecule has 0 amide bonds. The maximum absolute atomic E-state index is 10.1. The highest BCUT2D eigenvalue weighted by molar-refractivity contribution is 8.00. The third-order valence-corrected chi connectivity index (χ3v) is 4.81. The van der Waals surface area contributed by atoms with Gasteiger partial charge in [0.2, 0.25) is 0 Å². The molecule has 1 unspecified atom stereocenters. The van der Waals surface area contributed by atoms with Crippen LogP contribution in [-0.4, -0.2) is 16.5 Å². The van der Waals surface area contributed by atoms with Crippen LogP contribution < -0.4 is 0 Å². The summed E-state index contributed by atoms with van der Waals surface area (Å²) in [4.78, 5) is 1.26. The van der Waals surface area contributed by atoms with Crippen molar-refractivity contribution in [3.8, 4) is 0 Å². The van der Waals surface area contributed by atoms with Crippen LogP contribution in [0, 0.1) is 5.92 Å². The van der Waals surface area contributed by atoms with Gasteiger partial charge in [-0.15, -0.1) is 18.3 Å². The number of benzene rings is 1. The summed E-state index contributed by atoms with van der Waals surface area (Å²) in [7, 11) is 0. The van der Waals surface area contributed by atoms with Crippen molar-refractivity contribution in [2.75, 3.05) is 0 Å². The van der Waals surface area contributed by atoms with Gasteiger partial charge >= 0.3 is 0 Å². The lowest BCUT2D eigenvalue weighted by Crippen LogP contribution is -2.31. The molecule has 92 valence electrons. The summed E-state index contributed by atoms with van der Waals surface area (Å²) in [5.41, 5.74) is 0. The van der Waals surface area contributed by atoms with Crippen molar-refractivity contribution >= 4 is 11.8 Å². The molecule has 1 aromatic carbocycles. The first kappa shape index (κ1) is 12.7. The molecule has 1 aromatic rings. The average molecular weight is 248 g/mol. The summed E-state index contributed by atoms with van der Waals surface area (Å²) in [6, 6.07) is 10.4. The van der Waals surface area contributed by atoms with Crippen molar-refractivity contribution < 1.29 is 5.11 Å². The molecule has 0 radical (unpaired) electrons. The van der Waals surface area contributed by atoms with E-state index in [1.807, 2.05) is 23.9 Å². The Labute approximate surface area is 108 Å². The molecule has 2 rings (SSSR count). The highest BCUT2D eigenvalue weighted by Gasteiger charge is 2.29. The van der Waals surface area contributed by atoms with Crippen LogP contribution in [-0.2, 0) is 0 Å². The maximum atomic E-state index is 10.1. The number of thioether (sulfide) groups is 1. The number of hydrogen-bond donors (Lipinski definition) is 1. The van der Waals surface area contributed by atoms with Gasteiger partial charge < -0.3 is 5.11 Å². The van der Waals surface area contributed by atoms with Crippen molar-refractivity contribution in [1.82, 2.24) is 0 Å². The first-order valence-electron chi connectivity index (χ1n) is 6.33. The van der Waals surface area contributed by atoms with Gasteiger partial charge in [0.05, 0.1) is 6.10 Å². The van der Waals surface area contributed by atoms with E-state index in [0.29, 0.717) is 11.2 Å². The molecule has 3 atom stereocenters. The molecule has 0 aromatic heterocycles. The van der Waals surface area contributed by atoms with Crippen molar-refractivity contribution in [1.29, 1.82) is 0 Å². The van der Waals surface area contributed by atoms with Gasteiger partial charge in [-0.2, -0.15) is 0 Å². The Morgan fingerprint density at radius 3 is 2.59 bits per heavy atom. The Kier molecular flexibility index (Phi) is 4.69. The maximum Gasteiger partial charge on any atom is 0.0582 e. The molecule has 0 heterocycles. The van der Waals surface area contributed by atoms with Crippen LogP contribution >= 0.6 is 11.8 Å². The van der Waals surface area contributed by atoms with E-state index in [2.05, 4.69) is 30.8 Å². The summed E-state index contributed by atoms with van der Waals surface area (Å²) in [6.07, 6.45) is 6.32. The predicted octanol–water partition coefficient (Wildman–Crippen LogP) is 3.88. The lowest BCUT2D eigenvalue weighted by atomic mass is 9.84. The van der Waals surface area contributed by atoms with E-state index in [-0.39, 0.29) is 6.10 Å². The second kappa shape index (κ2) is 6.27. The Morgan fingerprint density at radius 1 is 1.24 bits per heavy atom. The molecule has 1 N–H and O–H groups in total. The molecule has 0 saturated heterocycles. The van der Waals surface area contributed by atoms with Crippen LogP contribution in [0.4, 0.5) is 0 Å². The minimum Gasteiger partial charge on any atom is -0.393 e. The van der Waals surface area contributed by atoms with Gasteiger partial charge in [0.15, 0.2) is 0 Å². The summed E-state index contributed by atoms with van der Waals surface area (Å²) in [6.45, 7) is 3.93. The topological polar surface area (TPSA) is 20.2 Å². The molecule has 1 aliphatic rings. The lowest BCUT2D eigenvalue weighted by Gasteiger charge is -2.32. The van der Waals surface area contributed by atoms with E-state index in [4.69, 9.17) is 0 Å². The van der Waals surface area contributed by atoms with E-state index in [1.165, 1.54) is 11.3 Å². The zero-order valence-corrected chi connectivity index (χ0v) is 10.9. The standard InChI is InChI=1S/C15H20OS/c1-2-15(13-10-6-7-11-14(13)16)17-12-8-4-3-5-9-12/h2-5,8-9,13-16H,1,6-7,10-11H2/t13-,14-,15?/m1/s1. The van der Waals surface area contributed by atoms with E-state index < -0.39 is 0 Å². The van der Waals surface area contributed by atoms with Crippen molar-refractivity contribution in [2.24, 2.45) is 5.92 Å². The fourth-order valence-corrected chi connectivity index (χ4v) is 3.71. The fraction of sp³-hybridized carbons (Fsp3) is 0.467. The Balaban J connectivity index is 2.03. The molecule has 0 bridgehead atoms. The molecule has 2 heteroatoms. The van der Waals surface area contributed by atoms with E-state index in [0.717, 1.165) is 19.3 Å². The quantitative estimate of drug-likeness (QED) is 0.644. The van der Waals surface area contributed by atoms with Gasteiger partial charge in [-0.3, -0.25) is 0 Å². The second-order valence-electron chi connectivity index (χ2n) is 4.65. The molecule has 1 aliphatic carbocycles. The largest absolute Gasteiger partial charge is 0.393 e. The van der Waals surface area contributed by atoms with Crippen molar-refractivity contribution in [3.05, 3.63) is 43.0 Å². The van der Waals surface area contributed by atoms with Gasteiger partial charge in [-0.1, -0.05) is 37.1 Å². The summed E-state index contributed by atoms with van der Waals surface area (Å²) in [5, 5.41) is 10.4. The first-order valence-corrected chi connectivity index (χ1v) is 7.21. The van der Waals surface area contributed by atoms with Crippen LogP contribution in [0.25, 0.3) is 0 Å². The normalized spacial score (nSPS) is 26.4. The zero-order chi connectivity index (χ0) is 12.1. The number of hydrogen-bond acceptors (Lipinski definition) is 2. The zero-order valence-electron chi connectivity index (χ0n) is 10.1. The van der Waals surface area contributed by atoms with Gasteiger partial charge in [0, 0.05) is 16.1 Å². The number of aliphatic hydroxyl groups is 1. The highest BCUT2D eigenvalue weighted by Crippen LogP contribution is 2.36.